The highest BCUT2D eigenvalue weighted by molar-refractivity contribution is 8.03. The number of thioether (sulfide) groups is 1. The zero-order valence-electron chi connectivity index (χ0n) is 20.5. The first-order valence-corrected chi connectivity index (χ1v) is 12.2. The van der Waals surface area contributed by atoms with Crippen molar-refractivity contribution in [2.75, 3.05) is 79.6 Å². The van der Waals surface area contributed by atoms with E-state index in [0.717, 1.165) is 11.8 Å². The van der Waals surface area contributed by atoms with Crippen LogP contribution in [0.3, 0.4) is 0 Å². The summed E-state index contributed by atoms with van der Waals surface area (Å²) in [4.78, 5) is 43.3. The highest BCUT2D eigenvalue weighted by Crippen LogP contribution is 2.33. The van der Waals surface area contributed by atoms with E-state index in [4.69, 9.17) is 10.00 Å². The second-order valence-corrected chi connectivity index (χ2v) is 9.38. The van der Waals surface area contributed by atoms with Gasteiger partial charge in [-0.25, -0.2) is 0 Å². The van der Waals surface area contributed by atoms with Gasteiger partial charge in [0.1, 0.15) is 17.2 Å². The van der Waals surface area contributed by atoms with E-state index in [9.17, 15) is 29.7 Å². The summed E-state index contributed by atoms with van der Waals surface area (Å²) in [5, 5.41) is 40.0. The lowest BCUT2D eigenvalue weighted by molar-refractivity contribution is -0.145. The highest BCUT2D eigenvalue weighted by Gasteiger charge is 2.31. The molecule has 1 fully saturated rings. The largest absolute Gasteiger partial charge is 0.496 e. The lowest BCUT2D eigenvalue weighted by Gasteiger charge is -2.35. The van der Waals surface area contributed by atoms with Crippen LogP contribution >= 0.6 is 11.8 Å². The molecule has 1 aromatic carbocycles. The van der Waals surface area contributed by atoms with Gasteiger partial charge in [-0.2, -0.15) is 5.26 Å². The second kappa shape index (κ2) is 14.6. The van der Waals surface area contributed by atoms with E-state index >= 15 is 0 Å². The number of carboxylic acid groups (broad SMARTS) is 3. The monoisotopic (exact) mass is 523 g/mol. The van der Waals surface area contributed by atoms with Crippen LogP contribution in [-0.2, 0) is 14.4 Å². The summed E-state index contributed by atoms with van der Waals surface area (Å²) in [5.74, 6) is -2.72. The predicted molar refractivity (Wildman–Crippen MR) is 132 cm³/mol. The van der Waals surface area contributed by atoms with E-state index in [1.54, 1.807) is 32.9 Å². The fourth-order valence-electron chi connectivity index (χ4n) is 4.10. The summed E-state index contributed by atoms with van der Waals surface area (Å²) in [6.45, 7) is 2.80. The van der Waals surface area contributed by atoms with Crippen molar-refractivity contribution < 1.29 is 34.4 Å². The van der Waals surface area contributed by atoms with Crippen LogP contribution in [0.5, 0.6) is 5.75 Å². The van der Waals surface area contributed by atoms with E-state index in [2.05, 4.69) is 0 Å². The molecule has 1 heterocycles. The molecule has 0 bridgehead atoms. The van der Waals surface area contributed by atoms with Crippen molar-refractivity contribution in [3.8, 4) is 11.2 Å². The molecule has 1 aromatic rings. The van der Waals surface area contributed by atoms with Crippen molar-refractivity contribution in [1.82, 2.24) is 19.6 Å². The molecule has 1 saturated heterocycles. The number of benzene rings is 1. The Bertz CT molecular complexity index is 925. The zero-order valence-corrected chi connectivity index (χ0v) is 21.3. The first-order valence-electron chi connectivity index (χ1n) is 11.4. The average Bonchev–Trinajstić information content (AvgIpc) is 2.80. The van der Waals surface area contributed by atoms with Crippen LogP contribution in [0.4, 0.5) is 0 Å². The van der Waals surface area contributed by atoms with Gasteiger partial charge >= 0.3 is 17.9 Å². The van der Waals surface area contributed by atoms with Gasteiger partial charge in [0.15, 0.2) is 0 Å². The minimum absolute atomic E-state index is 0.178. The molecule has 0 spiro atoms. The van der Waals surface area contributed by atoms with Gasteiger partial charge in [-0.05, 0) is 37.0 Å². The number of nitriles is 1. The van der Waals surface area contributed by atoms with E-state index in [0.29, 0.717) is 55.5 Å². The maximum atomic E-state index is 12.6. The fraction of sp³-hybridized carbons (Fsp3) is 0.565. The fourth-order valence-corrected chi connectivity index (χ4v) is 4.52. The van der Waals surface area contributed by atoms with Crippen LogP contribution in [0.2, 0.25) is 0 Å². The first-order chi connectivity index (χ1) is 17.1. The number of ether oxygens (including phenoxy) is 1. The molecule has 0 saturated carbocycles. The summed E-state index contributed by atoms with van der Waals surface area (Å²) in [5.41, 5.74) is 0.367. The van der Waals surface area contributed by atoms with Gasteiger partial charge < -0.3 is 25.0 Å². The first kappa shape index (κ1) is 29.3. The zero-order chi connectivity index (χ0) is 26.7. The molecule has 2 rings (SSSR count). The normalized spacial score (nSPS) is 18.4. The predicted octanol–water partition coefficient (Wildman–Crippen LogP) is 0.415. The Morgan fingerprint density at radius 1 is 0.972 bits per heavy atom. The van der Waals surface area contributed by atoms with Crippen molar-refractivity contribution in [2.45, 2.75) is 10.9 Å². The number of likely N-dealkylation sites (N-methyl/N-ethyl adjacent to an activating group) is 1. The van der Waals surface area contributed by atoms with Crippen molar-refractivity contribution in [2.24, 2.45) is 0 Å². The topological polar surface area (TPSA) is 158 Å². The summed E-state index contributed by atoms with van der Waals surface area (Å²) in [7, 11) is 3.33. The van der Waals surface area contributed by atoms with Gasteiger partial charge in [0.05, 0.1) is 20.2 Å². The smallest absolute Gasteiger partial charge is 0.325 e. The summed E-state index contributed by atoms with van der Waals surface area (Å²) in [6.07, 6.45) is 0. The Morgan fingerprint density at radius 3 is 1.94 bits per heavy atom. The molecule has 13 heteroatoms. The van der Waals surface area contributed by atoms with E-state index in [1.165, 1.54) is 7.11 Å². The molecule has 0 radical (unpaired) electrons. The van der Waals surface area contributed by atoms with Crippen LogP contribution in [0.25, 0.3) is 0 Å². The van der Waals surface area contributed by atoms with E-state index in [-0.39, 0.29) is 26.2 Å². The van der Waals surface area contributed by atoms with Crippen LogP contribution in [0, 0.1) is 10.7 Å². The van der Waals surface area contributed by atoms with Gasteiger partial charge in [0, 0.05) is 62.8 Å². The number of rotatable bonds is 9. The van der Waals surface area contributed by atoms with Crippen molar-refractivity contribution in [3.63, 3.8) is 0 Å². The Hall–Kier alpha value is -2.89. The Kier molecular flexibility index (Phi) is 11.9. The molecule has 0 aliphatic carbocycles. The molecule has 12 nitrogen and oxygen atoms in total. The molecule has 1 aliphatic heterocycles. The number of thiocyanates is 1. The molecule has 1 aliphatic rings. The number of hydrogen-bond donors (Lipinski definition) is 3. The molecule has 0 aromatic heterocycles. The maximum absolute atomic E-state index is 12.6. The van der Waals surface area contributed by atoms with Gasteiger partial charge in [-0.15, -0.1) is 0 Å². The van der Waals surface area contributed by atoms with Gasteiger partial charge in [-0.1, -0.05) is 0 Å². The lowest BCUT2D eigenvalue weighted by Crippen LogP contribution is -2.48. The average molecular weight is 524 g/mol. The lowest BCUT2D eigenvalue weighted by atomic mass is 10.0. The van der Waals surface area contributed by atoms with Crippen LogP contribution in [-0.4, -0.2) is 132 Å². The second-order valence-electron chi connectivity index (χ2n) is 8.52. The summed E-state index contributed by atoms with van der Waals surface area (Å²) < 4.78 is 5.43. The number of carboxylic acids is 3. The molecule has 1 unspecified atom stereocenters. The molecular formula is C23H33N5O7S. The third-order valence-corrected chi connectivity index (χ3v) is 6.56. The minimum atomic E-state index is -1.15. The number of carbonyl (C=O) groups is 3. The number of nitrogens with zero attached hydrogens (tertiary/aromatic N) is 5. The maximum Gasteiger partial charge on any atom is 0.325 e. The van der Waals surface area contributed by atoms with Crippen LogP contribution in [0.1, 0.15) is 11.6 Å². The summed E-state index contributed by atoms with van der Waals surface area (Å²) in [6, 6.07) is 3.75. The third kappa shape index (κ3) is 9.29. The van der Waals surface area contributed by atoms with Crippen molar-refractivity contribution in [1.29, 1.82) is 5.26 Å². The third-order valence-electron chi connectivity index (χ3n) is 5.98. The molecule has 0 amide bonds. The minimum Gasteiger partial charge on any atom is -0.496 e. The van der Waals surface area contributed by atoms with Crippen molar-refractivity contribution in [3.05, 3.63) is 23.8 Å². The van der Waals surface area contributed by atoms with Gasteiger partial charge in [-0.3, -0.25) is 29.1 Å². The van der Waals surface area contributed by atoms with Crippen molar-refractivity contribution >= 4 is 29.7 Å². The number of aliphatic carboxylic acids is 3. The van der Waals surface area contributed by atoms with Gasteiger partial charge in [0.2, 0.25) is 0 Å². The molecule has 1 atom stereocenters. The molecule has 198 valence electrons. The Labute approximate surface area is 214 Å². The Balaban J connectivity index is 2.44. The molecule has 36 heavy (non-hydrogen) atoms. The van der Waals surface area contributed by atoms with Crippen LogP contribution in [0.15, 0.2) is 23.1 Å². The van der Waals surface area contributed by atoms with Gasteiger partial charge in [0.25, 0.3) is 0 Å². The standard InChI is InChI=1S/C23H33N5O7S/c1-25-5-7-26(14-20(29)30)9-11-28(12-10-27(8-6-25)15-21(31)32)22(23(33)34)18-13-17(36-16-24)3-4-19(18)35-2/h3-4,13,22H,5-12,14-15H2,1-2H3,(H,29,30)(H,31,32)(H,33,34). The molecule has 3 N–H and O–H groups in total. The van der Waals surface area contributed by atoms with Crippen LogP contribution < -0.4 is 4.74 Å². The molecular weight excluding hydrogens is 490 g/mol. The highest BCUT2D eigenvalue weighted by atomic mass is 32.2. The van der Waals surface area contributed by atoms with E-state index in [1.807, 2.05) is 17.3 Å². The summed E-state index contributed by atoms with van der Waals surface area (Å²) >= 11 is 0.905. The Morgan fingerprint density at radius 2 is 1.50 bits per heavy atom. The van der Waals surface area contributed by atoms with E-state index < -0.39 is 23.9 Å². The number of hydrogen-bond acceptors (Lipinski definition) is 10. The quantitative estimate of drug-likeness (QED) is 0.302. The SMILES string of the molecule is COc1ccc(SC#N)cc1C(C(=O)O)N1CCN(CC(=O)O)CCN(C)CCN(CC(=O)O)CC1. The number of methoxy groups -OCH3 is 1.